The zero-order valence-corrected chi connectivity index (χ0v) is 13.2. The molecule has 0 unspecified atom stereocenters. The quantitative estimate of drug-likeness (QED) is 0.671. The molecule has 0 aromatic heterocycles. The summed E-state index contributed by atoms with van der Waals surface area (Å²) in [4.78, 5) is 23.2. The molecule has 0 saturated heterocycles. The Balaban J connectivity index is 1.61. The summed E-state index contributed by atoms with van der Waals surface area (Å²) in [6, 6.07) is 11.2. The summed E-state index contributed by atoms with van der Waals surface area (Å²) in [5, 5.41) is 7.45. The second kappa shape index (κ2) is 9.21. The first-order valence-corrected chi connectivity index (χ1v) is 7.49. The number of hydrogen-bond acceptors (Lipinski definition) is 3. The van der Waals surface area contributed by atoms with Crippen molar-refractivity contribution in [3.8, 4) is 5.75 Å². The molecule has 0 saturated carbocycles. The lowest BCUT2D eigenvalue weighted by atomic mass is 10.3. The van der Waals surface area contributed by atoms with E-state index in [0.717, 1.165) is 6.07 Å². The van der Waals surface area contributed by atoms with Gasteiger partial charge >= 0.3 is 6.03 Å². The number of anilines is 1. The Morgan fingerprint density at radius 1 is 1.00 bits per heavy atom. The van der Waals surface area contributed by atoms with Crippen molar-refractivity contribution >= 4 is 17.6 Å². The van der Waals surface area contributed by atoms with E-state index >= 15 is 0 Å². The molecule has 0 aliphatic heterocycles. The van der Waals surface area contributed by atoms with Gasteiger partial charge in [-0.15, -0.1) is 0 Å². The predicted molar refractivity (Wildman–Crippen MR) is 88.3 cm³/mol. The van der Waals surface area contributed by atoms with Crippen molar-refractivity contribution in [1.82, 2.24) is 10.6 Å². The van der Waals surface area contributed by atoms with Crippen LogP contribution in [0.3, 0.4) is 0 Å². The van der Waals surface area contributed by atoms with Crippen LogP contribution >= 0.6 is 0 Å². The first kappa shape index (κ1) is 18.2. The van der Waals surface area contributed by atoms with Crippen LogP contribution < -0.4 is 20.7 Å². The van der Waals surface area contributed by atoms with Crippen molar-refractivity contribution in [3.05, 3.63) is 60.2 Å². The Bertz CT molecular complexity index is 726. The molecule has 0 atom stereocenters. The average Bonchev–Trinajstić information content (AvgIpc) is 2.59. The van der Waals surface area contributed by atoms with Gasteiger partial charge < -0.3 is 20.7 Å². The van der Waals surface area contributed by atoms with E-state index in [1.165, 1.54) is 6.07 Å². The maximum Gasteiger partial charge on any atom is 0.315 e. The highest BCUT2D eigenvalue weighted by molar-refractivity contribution is 5.94. The highest BCUT2D eigenvalue weighted by atomic mass is 19.1. The molecule has 0 radical (unpaired) electrons. The van der Waals surface area contributed by atoms with Crippen molar-refractivity contribution < 1.29 is 23.1 Å². The molecule has 2 aromatic rings. The van der Waals surface area contributed by atoms with Gasteiger partial charge in [0.2, 0.25) is 5.91 Å². The van der Waals surface area contributed by atoms with E-state index in [0.29, 0.717) is 11.8 Å². The van der Waals surface area contributed by atoms with Crippen molar-refractivity contribution in [2.45, 2.75) is 0 Å². The van der Waals surface area contributed by atoms with Gasteiger partial charge in [-0.05, 0) is 24.3 Å². The minimum atomic E-state index is -0.818. The SMILES string of the molecule is O=C(CNC(=O)NCCOc1ccc(F)cc1F)Nc1ccccc1. The van der Waals surface area contributed by atoms with Gasteiger partial charge in [0.25, 0.3) is 0 Å². The summed E-state index contributed by atoms with van der Waals surface area (Å²) in [6.07, 6.45) is 0. The van der Waals surface area contributed by atoms with Crippen LogP contribution in [0.1, 0.15) is 0 Å². The third kappa shape index (κ3) is 6.46. The van der Waals surface area contributed by atoms with Crippen LogP contribution in [0, 0.1) is 11.6 Å². The fourth-order valence-corrected chi connectivity index (χ4v) is 1.87. The molecule has 0 bridgehead atoms. The Labute approximate surface area is 143 Å². The summed E-state index contributed by atoms with van der Waals surface area (Å²) < 4.78 is 31.1. The van der Waals surface area contributed by atoms with E-state index < -0.39 is 17.7 Å². The maximum absolute atomic E-state index is 13.3. The Hall–Kier alpha value is -3.16. The summed E-state index contributed by atoms with van der Waals surface area (Å²) in [5.41, 5.74) is 0.629. The van der Waals surface area contributed by atoms with Crippen molar-refractivity contribution in [3.63, 3.8) is 0 Å². The molecule has 2 rings (SSSR count). The summed E-state index contributed by atoms with van der Waals surface area (Å²) in [6.45, 7) is -0.122. The molecular weight excluding hydrogens is 332 g/mol. The molecule has 0 spiro atoms. The van der Waals surface area contributed by atoms with Crippen LogP contribution in [0.15, 0.2) is 48.5 Å². The standard InChI is InChI=1S/C17H17F2N3O3/c18-12-6-7-15(14(19)10-12)25-9-8-20-17(24)21-11-16(23)22-13-4-2-1-3-5-13/h1-7,10H,8-9,11H2,(H,22,23)(H2,20,21,24). The van der Waals surface area contributed by atoms with Gasteiger partial charge in [0.05, 0.1) is 13.1 Å². The number of rotatable bonds is 7. The van der Waals surface area contributed by atoms with Gasteiger partial charge in [0.15, 0.2) is 11.6 Å². The average molecular weight is 349 g/mol. The lowest BCUT2D eigenvalue weighted by Gasteiger charge is -2.10. The van der Waals surface area contributed by atoms with Gasteiger partial charge in [0, 0.05) is 11.8 Å². The second-order valence-corrected chi connectivity index (χ2v) is 4.95. The molecular formula is C17H17F2N3O3. The number of urea groups is 1. The third-order valence-corrected chi connectivity index (χ3v) is 3.01. The number of hydrogen-bond donors (Lipinski definition) is 3. The Morgan fingerprint density at radius 3 is 2.48 bits per heavy atom. The van der Waals surface area contributed by atoms with Crippen molar-refractivity contribution in [2.24, 2.45) is 0 Å². The van der Waals surface area contributed by atoms with E-state index in [-0.39, 0.29) is 31.4 Å². The molecule has 3 amide bonds. The second-order valence-electron chi connectivity index (χ2n) is 4.95. The van der Waals surface area contributed by atoms with Crippen LogP contribution in [0.2, 0.25) is 0 Å². The maximum atomic E-state index is 13.3. The Morgan fingerprint density at radius 2 is 1.76 bits per heavy atom. The lowest BCUT2D eigenvalue weighted by Crippen LogP contribution is -2.41. The minimum Gasteiger partial charge on any atom is -0.489 e. The number of amides is 3. The number of nitrogens with one attached hydrogen (secondary N) is 3. The smallest absolute Gasteiger partial charge is 0.315 e. The number of halogens is 2. The van der Waals surface area contributed by atoms with E-state index in [4.69, 9.17) is 4.74 Å². The van der Waals surface area contributed by atoms with Gasteiger partial charge in [-0.2, -0.15) is 0 Å². The largest absolute Gasteiger partial charge is 0.489 e. The van der Waals surface area contributed by atoms with Crippen LogP contribution in [-0.2, 0) is 4.79 Å². The lowest BCUT2D eigenvalue weighted by molar-refractivity contribution is -0.115. The van der Waals surface area contributed by atoms with Crippen LogP contribution in [0.25, 0.3) is 0 Å². The molecule has 8 heteroatoms. The molecule has 0 aliphatic rings. The fourth-order valence-electron chi connectivity index (χ4n) is 1.87. The topological polar surface area (TPSA) is 79.5 Å². The predicted octanol–water partition coefficient (Wildman–Crippen LogP) is 2.28. The van der Waals surface area contributed by atoms with Crippen LogP contribution in [0.4, 0.5) is 19.3 Å². The zero-order chi connectivity index (χ0) is 18.1. The molecule has 132 valence electrons. The summed E-state index contributed by atoms with van der Waals surface area (Å²) in [5.74, 6) is -1.99. The minimum absolute atomic E-state index is 0.00775. The highest BCUT2D eigenvalue weighted by Gasteiger charge is 2.07. The monoisotopic (exact) mass is 349 g/mol. The van der Waals surface area contributed by atoms with Crippen LogP contribution in [-0.4, -0.2) is 31.6 Å². The molecule has 25 heavy (non-hydrogen) atoms. The van der Waals surface area contributed by atoms with Crippen LogP contribution in [0.5, 0.6) is 5.75 Å². The van der Waals surface area contributed by atoms with Crippen molar-refractivity contribution in [2.75, 3.05) is 25.0 Å². The molecule has 0 aliphatic carbocycles. The highest BCUT2D eigenvalue weighted by Crippen LogP contribution is 2.17. The van der Waals surface area contributed by atoms with Gasteiger partial charge in [-0.3, -0.25) is 4.79 Å². The number of para-hydroxylation sites is 1. The van der Waals surface area contributed by atoms with E-state index in [1.807, 2.05) is 6.07 Å². The molecule has 2 aromatic carbocycles. The summed E-state index contributed by atoms with van der Waals surface area (Å²) in [7, 11) is 0. The van der Waals surface area contributed by atoms with Crippen molar-refractivity contribution in [1.29, 1.82) is 0 Å². The third-order valence-electron chi connectivity index (χ3n) is 3.01. The number of benzene rings is 2. The summed E-state index contributed by atoms with van der Waals surface area (Å²) >= 11 is 0. The van der Waals surface area contributed by atoms with Gasteiger partial charge in [-0.25, -0.2) is 13.6 Å². The Kier molecular flexibility index (Phi) is 6.70. The first-order valence-electron chi connectivity index (χ1n) is 7.49. The molecule has 0 heterocycles. The number of carbonyl (C=O) groups is 2. The molecule has 6 nitrogen and oxygen atoms in total. The molecule has 3 N–H and O–H groups in total. The van der Waals surface area contributed by atoms with Gasteiger partial charge in [0.1, 0.15) is 12.4 Å². The van der Waals surface area contributed by atoms with E-state index in [2.05, 4.69) is 16.0 Å². The molecule has 0 fully saturated rings. The zero-order valence-electron chi connectivity index (χ0n) is 13.2. The van der Waals surface area contributed by atoms with E-state index in [1.54, 1.807) is 24.3 Å². The van der Waals surface area contributed by atoms with Gasteiger partial charge in [-0.1, -0.05) is 18.2 Å². The normalized spacial score (nSPS) is 10.0. The van der Waals surface area contributed by atoms with E-state index in [9.17, 15) is 18.4 Å². The fraction of sp³-hybridized carbons (Fsp3) is 0.176. The number of carbonyl (C=O) groups excluding carboxylic acids is 2. The number of ether oxygens (including phenoxy) is 1. The first-order chi connectivity index (χ1) is 12.0.